The van der Waals surface area contributed by atoms with E-state index in [2.05, 4.69) is 15.0 Å². The molecule has 1 aromatic heterocycles. The molecule has 1 aliphatic heterocycles. The van der Waals surface area contributed by atoms with E-state index < -0.39 is 29.2 Å². The molecule has 1 atom stereocenters. The molecule has 0 radical (unpaired) electrons. The molecule has 2 heterocycles. The van der Waals surface area contributed by atoms with Crippen molar-refractivity contribution in [3.05, 3.63) is 75.2 Å². The van der Waals surface area contributed by atoms with Crippen molar-refractivity contribution in [1.82, 2.24) is 19.9 Å². The average Bonchev–Trinajstić information content (AvgIpc) is 3.71. The summed E-state index contributed by atoms with van der Waals surface area (Å²) in [5, 5.41) is 4.87. The highest BCUT2D eigenvalue weighted by atomic mass is 32.2. The largest absolute Gasteiger partial charge is 0.496 e. The van der Waals surface area contributed by atoms with Crippen molar-refractivity contribution in [2.75, 3.05) is 33.9 Å². The lowest BCUT2D eigenvalue weighted by molar-refractivity contribution is 0.0740. The van der Waals surface area contributed by atoms with Gasteiger partial charge >= 0.3 is 0 Å². The number of amides is 2. The first-order valence-corrected chi connectivity index (χ1v) is 21.3. The molecular weight excluding hydrogens is 669 g/mol. The molecule has 262 valence electrons. The van der Waals surface area contributed by atoms with E-state index in [1.54, 1.807) is 31.3 Å². The number of hydrogen-bond acceptors (Lipinski definition) is 10. The molecule has 48 heavy (non-hydrogen) atoms. The fourth-order valence-corrected chi connectivity index (χ4v) is 9.78. The van der Waals surface area contributed by atoms with Gasteiger partial charge in [0.15, 0.2) is 13.3 Å². The number of aromatic nitrogens is 1. The number of sulfonamides is 1. The molecule has 11 nitrogen and oxygen atoms in total. The number of nitrogens with one attached hydrogen (secondary N) is 2. The average molecular weight is 717 g/mol. The monoisotopic (exact) mass is 716 g/mol. The predicted octanol–water partition coefficient (Wildman–Crippen LogP) is 5.51. The van der Waals surface area contributed by atoms with Crippen LogP contribution in [0, 0.1) is 6.92 Å². The van der Waals surface area contributed by atoms with Crippen molar-refractivity contribution in [2.45, 2.75) is 76.6 Å². The zero-order valence-corrected chi connectivity index (χ0v) is 31.8. The fourth-order valence-electron chi connectivity index (χ4n) is 5.32. The van der Waals surface area contributed by atoms with Crippen LogP contribution in [0.2, 0.25) is 18.1 Å². The zero-order chi connectivity index (χ0) is 35.3. The third kappa shape index (κ3) is 8.46. The summed E-state index contributed by atoms with van der Waals surface area (Å²) < 4.78 is 47.3. The number of nitrogens with zero attached hydrogens (tertiary/aromatic N) is 2. The van der Waals surface area contributed by atoms with Gasteiger partial charge in [-0.15, -0.1) is 11.3 Å². The molecule has 0 saturated carbocycles. The maximum absolute atomic E-state index is 14.0. The van der Waals surface area contributed by atoms with Gasteiger partial charge < -0.3 is 24.1 Å². The number of methoxy groups -OCH3 is 2. The first-order chi connectivity index (χ1) is 22.5. The number of thiazole rings is 1. The van der Waals surface area contributed by atoms with Gasteiger partial charge in [0.1, 0.15) is 22.2 Å². The minimum Gasteiger partial charge on any atom is -0.496 e. The van der Waals surface area contributed by atoms with E-state index in [0.29, 0.717) is 41.6 Å². The lowest BCUT2D eigenvalue weighted by Crippen LogP contribution is -2.58. The van der Waals surface area contributed by atoms with Crippen molar-refractivity contribution in [1.29, 1.82) is 0 Å². The summed E-state index contributed by atoms with van der Waals surface area (Å²) in [4.78, 5) is 31.9. The van der Waals surface area contributed by atoms with Gasteiger partial charge in [-0.3, -0.25) is 9.59 Å². The minimum absolute atomic E-state index is 0.0395. The Bertz CT molecular complexity index is 1670. The fraction of sp³-hybridized carbons (Fsp3) is 0.500. The van der Waals surface area contributed by atoms with E-state index >= 15 is 0 Å². The summed E-state index contributed by atoms with van der Waals surface area (Å²) in [6, 6.07) is 13.4. The van der Waals surface area contributed by atoms with E-state index in [9.17, 15) is 18.0 Å². The predicted molar refractivity (Wildman–Crippen MR) is 191 cm³/mol. The van der Waals surface area contributed by atoms with E-state index in [0.717, 1.165) is 17.5 Å². The van der Waals surface area contributed by atoms with Crippen molar-refractivity contribution in [3.8, 4) is 11.5 Å². The van der Waals surface area contributed by atoms with E-state index in [1.165, 1.54) is 16.7 Å². The molecule has 0 aliphatic carbocycles. The van der Waals surface area contributed by atoms with E-state index in [-0.39, 0.29) is 36.1 Å². The molecular formula is C34H48N4O7S2Si. The third-order valence-corrected chi connectivity index (χ3v) is 16.5. The molecule has 0 bridgehead atoms. The van der Waals surface area contributed by atoms with Crippen LogP contribution in [-0.4, -0.2) is 77.2 Å². The van der Waals surface area contributed by atoms with Crippen molar-refractivity contribution in [2.24, 2.45) is 0 Å². The molecule has 1 fully saturated rings. The van der Waals surface area contributed by atoms with Gasteiger partial charge in [-0.1, -0.05) is 51.1 Å². The van der Waals surface area contributed by atoms with Crippen molar-refractivity contribution in [3.63, 3.8) is 0 Å². The lowest BCUT2D eigenvalue weighted by atomic mass is 10.1. The molecule has 1 unspecified atom stereocenters. The number of benzene rings is 2. The normalized spacial score (nSPS) is 16.8. The molecule has 1 saturated heterocycles. The highest BCUT2D eigenvalue weighted by molar-refractivity contribution is 7.91. The summed E-state index contributed by atoms with van der Waals surface area (Å²) in [6.07, 6.45) is 1.68. The molecule has 14 heteroatoms. The van der Waals surface area contributed by atoms with Crippen LogP contribution in [0.1, 0.15) is 70.6 Å². The maximum atomic E-state index is 14.0. The number of hydrogen-bond donors (Lipinski definition) is 2. The van der Waals surface area contributed by atoms with Gasteiger partial charge in [0.25, 0.3) is 21.8 Å². The standard InChI is InChI=1S/C34H48N4O7S2Si/c1-24-28(43-5)19-26(20-29(24)44-6)32(40)38(18-12-15-25-13-10-9-11-14-25)21-30-36-27(22-46-30)31(39)37-47(41,42)34(16-17-35-23-34)45-48(7,8)33(2,3)4/h9-11,13-14,19-20,22,35H,12,15-18,21,23H2,1-8H3,(H,37,39). The van der Waals surface area contributed by atoms with Crippen LogP contribution in [-0.2, 0) is 27.4 Å². The number of aryl methyl sites for hydroxylation is 1. The Hall–Kier alpha value is -3.30. The summed E-state index contributed by atoms with van der Waals surface area (Å²) in [5.41, 5.74) is 2.29. The lowest BCUT2D eigenvalue weighted by Gasteiger charge is -2.43. The van der Waals surface area contributed by atoms with E-state index in [1.807, 2.05) is 71.1 Å². The Morgan fingerprint density at radius 2 is 1.75 bits per heavy atom. The number of carbonyl (C=O) groups excluding carboxylic acids is 2. The number of ether oxygens (including phenoxy) is 2. The Morgan fingerprint density at radius 1 is 1.10 bits per heavy atom. The SMILES string of the molecule is COc1cc(C(=O)N(CCCc2ccccc2)Cc2nc(C(=O)NS(=O)(=O)C3(O[Si](C)(C)C(C)(C)C)CCNC3)cs2)cc(OC)c1C. The second kappa shape index (κ2) is 15.1. The Kier molecular flexibility index (Phi) is 11.8. The molecule has 2 N–H and O–H groups in total. The van der Waals surface area contributed by atoms with Crippen LogP contribution >= 0.6 is 11.3 Å². The van der Waals surface area contributed by atoms with Gasteiger partial charge in [-0.25, -0.2) is 18.1 Å². The third-order valence-electron chi connectivity index (χ3n) is 9.17. The van der Waals surface area contributed by atoms with Gasteiger partial charge in [-0.2, -0.15) is 0 Å². The van der Waals surface area contributed by atoms with E-state index in [4.69, 9.17) is 13.9 Å². The van der Waals surface area contributed by atoms with Gasteiger partial charge in [-0.05, 0) is 62.1 Å². The second-order valence-electron chi connectivity index (χ2n) is 13.6. The van der Waals surface area contributed by atoms with Crippen molar-refractivity contribution < 1.29 is 31.9 Å². The summed E-state index contributed by atoms with van der Waals surface area (Å²) in [5.74, 6) is -0.0206. The second-order valence-corrected chi connectivity index (χ2v) is 21.2. The smallest absolute Gasteiger partial charge is 0.284 e. The number of rotatable bonds is 14. The van der Waals surface area contributed by atoms with Crippen LogP contribution in [0.5, 0.6) is 11.5 Å². The molecule has 2 amide bonds. The summed E-state index contributed by atoms with van der Waals surface area (Å²) in [6.45, 7) is 13.0. The minimum atomic E-state index is -4.25. The first kappa shape index (κ1) is 37.5. The Labute approximate surface area is 289 Å². The quantitative estimate of drug-likeness (QED) is 0.207. The van der Waals surface area contributed by atoms with Gasteiger partial charge in [0.05, 0.1) is 20.8 Å². The van der Waals surface area contributed by atoms with Crippen LogP contribution in [0.4, 0.5) is 0 Å². The summed E-state index contributed by atoms with van der Waals surface area (Å²) >= 11 is 1.19. The maximum Gasteiger partial charge on any atom is 0.284 e. The molecule has 0 spiro atoms. The molecule has 1 aliphatic rings. The molecule has 2 aromatic carbocycles. The van der Waals surface area contributed by atoms with Crippen LogP contribution in [0.3, 0.4) is 0 Å². The Morgan fingerprint density at radius 3 is 2.31 bits per heavy atom. The zero-order valence-electron chi connectivity index (χ0n) is 29.1. The number of carbonyl (C=O) groups is 2. The van der Waals surface area contributed by atoms with Crippen LogP contribution in [0.25, 0.3) is 0 Å². The Balaban J connectivity index is 1.55. The first-order valence-electron chi connectivity index (χ1n) is 16.0. The van der Waals surface area contributed by atoms with Gasteiger partial charge in [0.2, 0.25) is 0 Å². The molecule has 4 rings (SSSR count). The van der Waals surface area contributed by atoms with Gasteiger partial charge in [0, 0.05) is 36.0 Å². The highest BCUT2D eigenvalue weighted by Crippen LogP contribution is 2.42. The van der Waals surface area contributed by atoms with Crippen LogP contribution in [0.15, 0.2) is 47.8 Å². The van der Waals surface area contributed by atoms with Crippen molar-refractivity contribution >= 4 is 41.5 Å². The highest BCUT2D eigenvalue weighted by Gasteiger charge is 2.54. The van der Waals surface area contributed by atoms with Crippen LogP contribution < -0.4 is 19.5 Å². The molecule has 3 aromatic rings. The summed E-state index contributed by atoms with van der Waals surface area (Å²) in [7, 11) is -3.69. The topological polar surface area (TPSA) is 136 Å².